The second kappa shape index (κ2) is 5.69. The molecule has 0 radical (unpaired) electrons. The van der Waals surface area contributed by atoms with Gasteiger partial charge in [0.15, 0.2) is 10.5 Å². The van der Waals surface area contributed by atoms with Crippen molar-refractivity contribution in [2.45, 2.75) is 45.7 Å². The van der Waals surface area contributed by atoms with Crippen LogP contribution in [0.5, 0.6) is 0 Å². The minimum absolute atomic E-state index is 0.0301. The van der Waals surface area contributed by atoms with Crippen LogP contribution in [-0.2, 0) is 12.0 Å². The van der Waals surface area contributed by atoms with E-state index in [1.807, 2.05) is 26.1 Å². The number of furan rings is 1. The summed E-state index contributed by atoms with van der Waals surface area (Å²) in [5.41, 5.74) is -0.105. The lowest BCUT2D eigenvalue weighted by atomic mass is 9.96. The predicted molar refractivity (Wildman–Crippen MR) is 79.3 cm³/mol. The Bertz CT molecular complexity index is 571. The SMILES string of the molecule is C[C@@H](c1nc(C(C)(C)C)no1)N(C)Cc1ccc(Br)o1. The summed E-state index contributed by atoms with van der Waals surface area (Å²) in [6.07, 6.45) is 0. The van der Waals surface area contributed by atoms with Gasteiger partial charge in [0.25, 0.3) is 0 Å². The molecule has 0 N–H and O–H groups in total. The van der Waals surface area contributed by atoms with E-state index in [1.54, 1.807) is 0 Å². The number of hydrogen-bond acceptors (Lipinski definition) is 5. The third-order valence-electron chi connectivity index (χ3n) is 3.17. The molecule has 0 saturated carbocycles. The molecule has 0 fully saturated rings. The van der Waals surface area contributed by atoms with Gasteiger partial charge in [-0.05, 0) is 42.0 Å². The Balaban J connectivity index is 2.06. The Hall–Kier alpha value is -1.14. The van der Waals surface area contributed by atoms with Gasteiger partial charge in [-0.15, -0.1) is 0 Å². The summed E-state index contributed by atoms with van der Waals surface area (Å²) < 4.78 is 11.6. The first-order valence-electron chi connectivity index (χ1n) is 6.56. The van der Waals surface area contributed by atoms with E-state index in [4.69, 9.17) is 8.94 Å². The lowest BCUT2D eigenvalue weighted by molar-refractivity contribution is 0.189. The molecule has 0 unspecified atom stereocenters. The van der Waals surface area contributed by atoms with E-state index >= 15 is 0 Å². The van der Waals surface area contributed by atoms with Gasteiger partial charge >= 0.3 is 0 Å². The van der Waals surface area contributed by atoms with Gasteiger partial charge in [-0.3, -0.25) is 4.90 Å². The zero-order valence-corrected chi connectivity index (χ0v) is 14.1. The van der Waals surface area contributed by atoms with E-state index in [0.717, 1.165) is 16.3 Å². The van der Waals surface area contributed by atoms with Crippen molar-refractivity contribution in [2.75, 3.05) is 7.05 Å². The standard InChI is InChI=1S/C14H20BrN3O2/c1-9(12-16-13(17-20-12)14(2,3)4)18(5)8-10-6-7-11(15)19-10/h6-7,9H,8H2,1-5H3/t9-/m0/s1. The highest BCUT2D eigenvalue weighted by Crippen LogP contribution is 2.24. The molecule has 110 valence electrons. The summed E-state index contributed by atoms with van der Waals surface area (Å²) in [6, 6.07) is 3.86. The molecule has 0 aliphatic rings. The lowest BCUT2D eigenvalue weighted by Gasteiger charge is -2.20. The van der Waals surface area contributed by atoms with Crippen LogP contribution in [-0.4, -0.2) is 22.1 Å². The molecule has 2 rings (SSSR count). The Labute approximate surface area is 127 Å². The van der Waals surface area contributed by atoms with Gasteiger partial charge in [0.05, 0.1) is 12.6 Å². The van der Waals surface area contributed by atoms with Crippen LogP contribution in [0.15, 0.2) is 25.7 Å². The number of nitrogens with zero attached hydrogens (tertiary/aromatic N) is 3. The average Bonchev–Trinajstić information content (AvgIpc) is 2.96. The van der Waals surface area contributed by atoms with Crippen molar-refractivity contribution >= 4 is 15.9 Å². The molecule has 0 spiro atoms. The molecule has 0 saturated heterocycles. The molecule has 2 aromatic rings. The molecule has 20 heavy (non-hydrogen) atoms. The van der Waals surface area contributed by atoms with E-state index in [1.165, 1.54) is 0 Å². The summed E-state index contributed by atoms with van der Waals surface area (Å²) in [7, 11) is 2.00. The van der Waals surface area contributed by atoms with Gasteiger partial charge < -0.3 is 8.94 Å². The summed E-state index contributed by atoms with van der Waals surface area (Å²) >= 11 is 3.30. The van der Waals surface area contributed by atoms with Crippen LogP contribution >= 0.6 is 15.9 Å². The normalized spacial score (nSPS) is 13.9. The Morgan fingerprint density at radius 2 is 2.05 bits per heavy atom. The van der Waals surface area contributed by atoms with Crippen molar-refractivity contribution in [1.29, 1.82) is 0 Å². The highest BCUT2D eigenvalue weighted by Gasteiger charge is 2.25. The van der Waals surface area contributed by atoms with Crippen LogP contribution in [0.1, 0.15) is 51.2 Å². The third-order valence-corrected chi connectivity index (χ3v) is 3.59. The minimum Gasteiger partial charge on any atom is -0.453 e. The molecule has 1 atom stereocenters. The quantitative estimate of drug-likeness (QED) is 0.843. The maximum absolute atomic E-state index is 5.51. The highest BCUT2D eigenvalue weighted by atomic mass is 79.9. The number of rotatable bonds is 4. The molecule has 0 amide bonds. The zero-order valence-electron chi connectivity index (χ0n) is 12.5. The van der Waals surface area contributed by atoms with Gasteiger partial charge in [-0.25, -0.2) is 0 Å². The summed E-state index contributed by atoms with van der Waals surface area (Å²) in [6.45, 7) is 8.92. The van der Waals surface area contributed by atoms with Crippen LogP contribution < -0.4 is 0 Å². The van der Waals surface area contributed by atoms with Gasteiger partial charge in [0.2, 0.25) is 5.89 Å². The van der Waals surface area contributed by atoms with Crippen molar-refractivity contribution in [3.8, 4) is 0 Å². The second-order valence-electron chi connectivity index (χ2n) is 6.00. The van der Waals surface area contributed by atoms with E-state index < -0.39 is 0 Å². The van der Waals surface area contributed by atoms with Crippen LogP contribution in [0.2, 0.25) is 0 Å². The molecule has 6 heteroatoms. The maximum atomic E-state index is 5.51. The van der Waals surface area contributed by atoms with Gasteiger partial charge in [0, 0.05) is 5.41 Å². The van der Waals surface area contributed by atoms with Crippen molar-refractivity contribution < 1.29 is 8.94 Å². The molecule has 0 bridgehead atoms. The number of aromatic nitrogens is 2. The summed E-state index contributed by atoms with van der Waals surface area (Å²) in [5, 5.41) is 4.06. The maximum Gasteiger partial charge on any atom is 0.243 e. The van der Waals surface area contributed by atoms with E-state index in [-0.39, 0.29) is 11.5 Å². The second-order valence-corrected chi connectivity index (χ2v) is 6.78. The monoisotopic (exact) mass is 341 g/mol. The molecule has 2 aromatic heterocycles. The number of hydrogen-bond donors (Lipinski definition) is 0. The fourth-order valence-corrected chi connectivity index (χ4v) is 2.06. The third kappa shape index (κ3) is 3.49. The smallest absolute Gasteiger partial charge is 0.243 e. The fourth-order valence-electron chi connectivity index (χ4n) is 1.72. The zero-order chi connectivity index (χ0) is 14.9. The predicted octanol–water partition coefficient (Wildman–Crippen LogP) is 3.92. The van der Waals surface area contributed by atoms with Crippen LogP contribution in [0, 0.1) is 0 Å². The van der Waals surface area contributed by atoms with E-state index in [9.17, 15) is 0 Å². The Morgan fingerprint density at radius 1 is 1.35 bits per heavy atom. The van der Waals surface area contributed by atoms with Crippen LogP contribution in [0.25, 0.3) is 0 Å². The molecule has 0 aromatic carbocycles. The largest absolute Gasteiger partial charge is 0.453 e. The first-order valence-corrected chi connectivity index (χ1v) is 7.35. The fraction of sp³-hybridized carbons (Fsp3) is 0.571. The van der Waals surface area contributed by atoms with Crippen molar-refractivity contribution in [3.05, 3.63) is 34.3 Å². The Morgan fingerprint density at radius 3 is 2.55 bits per heavy atom. The van der Waals surface area contributed by atoms with Crippen LogP contribution in [0.4, 0.5) is 0 Å². The van der Waals surface area contributed by atoms with Crippen molar-refractivity contribution in [3.63, 3.8) is 0 Å². The van der Waals surface area contributed by atoms with Crippen LogP contribution in [0.3, 0.4) is 0 Å². The molecular formula is C14H20BrN3O2. The first kappa shape index (κ1) is 15.3. The average molecular weight is 342 g/mol. The highest BCUT2D eigenvalue weighted by molar-refractivity contribution is 9.10. The van der Waals surface area contributed by atoms with Crippen molar-refractivity contribution in [2.24, 2.45) is 0 Å². The topological polar surface area (TPSA) is 55.3 Å². The summed E-state index contributed by atoms with van der Waals surface area (Å²) in [5.74, 6) is 2.25. The van der Waals surface area contributed by atoms with Gasteiger partial charge in [0.1, 0.15) is 5.76 Å². The van der Waals surface area contributed by atoms with E-state index in [0.29, 0.717) is 12.4 Å². The number of halogens is 1. The lowest BCUT2D eigenvalue weighted by Crippen LogP contribution is -2.22. The molecular weight excluding hydrogens is 322 g/mol. The molecule has 2 heterocycles. The summed E-state index contributed by atoms with van der Waals surface area (Å²) in [4.78, 5) is 6.59. The Kier molecular flexibility index (Phi) is 4.34. The molecule has 0 aliphatic carbocycles. The van der Waals surface area contributed by atoms with Gasteiger partial charge in [-0.2, -0.15) is 4.98 Å². The van der Waals surface area contributed by atoms with Crippen molar-refractivity contribution in [1.82, 2.24) is 15.0 Å². The molecule has 0 aliphatic heterocycles. The van der Waals surface area contributed by atoms with Gasteiger partial charge in [-0.1, -0.05) is 25.9 Å². The first-order chi connectivity index (χ1) is 9.27. The van der Waals surface area contributed by atoms with E-state index in [2.05, 4.69) is 51.7 Å². The minimum atomic E-state index is -0.105. The molecule has 5 nitrogen and oxygen atoms in total.